The van der Waals surface area contributed by atoms with Gasteiger partial charge in [-0.15, -0.1) is 0 Å². The molecule has 0 aromatic carbocycles. The van der Waals surface area contributed by atoms with Crippen molar-refractivity contribution in [3.8, 4) is 17.0 Å². The Bertz CT molecular complexity index is 1380. The molecule has 9 nitrogen and oxygen atoms in total. The summed E-state index contributed by atoms with van der Waals surface area (Å²) in [5.41, 5.74) is 6.98. The largest absolute Gasteiger partial charge is 0.493 e. The second kappa shape index (κ2) is 8.96. The average molecular weight is 476 g/mol. The highest BCUT2D eigenvalue weighted by atomic mass is 16.5. The van der Waals surface area contributed by atoms with Crippen molar-refractivity contribution in [2.75, 3.05) is 34.8 Å². The first-order valence-electron chi connectivity index (χ1n) is 12.1. The van der Waals surface area contributed by atoms with Crippen LogP contribution in [0.1, 0.15) is 49.8 Å². The first-order valence-corrected chi connectivity index (χ1v) is 12.1. The maximum Gasteiger partial charge on any atom is 0.236 e. The molecule has 0 aliphatic heterocycles. The van der Waals surface area contributed by atoms with Crippen molar-refractivity contribution in [2.45, 2.75) is 44.6 Å². The second-order valence-corrected chi connectivity index (χ2v) is 10.1. The minimum absolute atomic E-state index is 0.166. The van der Waals surface area contributed by atoms with Gasteiger partial charge in [0.2, 0.25) is 5.91 Å². The molecule has 5 rings (SSSR count). The van der Waals surface area contributed by atoms with Gasteiger partial charge >= 0.3 is 0 Å². The lowest BCUT2D eigenvalue weighted by molar-refractivity contribution is -0.134. The third-order valence-electron chi connectivity index (χ3n) is 7.05. The molecule has 184 valence electrons. The monoisotopic (exact) mass is 475 g/mol. The number of nitrogens with zero attached hydrogens (tertiary/aromatic N) is 6. The van der Waals surface area contributed by atoms with Crippen LogP contribution in [0.2, 0.25) is 0 Å². The van der Waals surface area contributed by atoms with Gasteiger partial charge in [0.1, 0.15) is 6.33 Å². The molecule has 0 spiro atoms. The van der Waals surface area contributed by atoms with E-state index in [0.717, 1.165) is 40.8 Å². The fraction of sp³-hybridized carbons (Fsp3) is 0.462. The number of rotatable bonds is 7. The summed E-state index contributed by atoms with van der Waals surface area (Å²) in [7, 11) is 7.41. The SMILES string of the molecule is COc1cc(-c2[nH]c3ccc(C4CC(N(C)C(=O)CN(C)C)C4)nc3c2C(C)C)cn2ncnc12. The van der Waals surface area contributed by atoms with E-state index in [1.54, 1.807) is 11.6 Å². The molecule has 4 heterocycles. The lowest BCUT2D eigenvalue weighted by Gasteiger charge is -2.41. The summed E-state index contributed by atoms with van der Waals surface area (Å²) in [5.74, 6) is 1.47. The van der Waals surface area contributed by atoms with Gasteiger partial charge in [0.15, 0.2) is 11.4 Å². The molecule has 0 saturated heterocycles. The van der Waals surface area contributed by atoms with Crippen molar-refractivity contribution in [2.24, 2.45) is 0 Å². The van der Waals surface area contributed by atoms with Crippen LogP contribution < -0.4 is 4.74 Å². The van der Waals surface area contributed by atoms with E-state index >= 15 is 0 Å². The van der Waals surface area contributed by atoms with Crippen LogP contribution in [0.3, 0.4) is 0 Å². The fourth-order valence-electron chi connectivity index (χ4n) is 5.03. The van der Waals surface area contributed by atoms with Crippen molar-refractivity contribution in [1.82, 2.24) is 34.4 Å². The standard InChI is InChI=1S/C26H33N7O2/c1-15(2)23-24(17-11-21(35-6)26-27-14-28-33(26)12-17)30-20-8-7-19(29-25(20)23)16-9-18(10-16)32(5)22(34)13-31(3)4/h7-8,11-12,14-16,18,30H,9-10,13H2,1-6H3. The highest BCUT2D eigenvalue weighted by Crippen LogP contribution is 2.41. The zero-order valence-electron chi connectivity index (χ0n) is 21.2. The van der Waals surface area contributed by atoms with Crippen LogP contribution in [0.15, 0.2) is 30.7 Å². The fourth-order valence-corrected chi connectivity index (χ4v) is 5.03. The van der Waals surface area contributed by atoms with Crippen molar-refractivity contribution in [1.29, 1.82) is 0 Å². The van der Waals surface area contributed by atoms with E-state index in [0.29, 0.717) is 23.9 Å². The molecule has 4 aromatic rings. The van der Waals surface area contributed by atoms with Gasteiger partial charge in [0.05, 0.1) is 30.4 Å². The summed E-state index contributed by atoms with van der Waals surface area (Å²) in [6.07, 6.45) is 5.39. The number of amides is 1. The molecule has 0 unspecified atom stereocenters. The van der Waals surface area contributed by atoms with E-state index in [9.17, 15) is 4.79 Å². The van der Waals surface area contributed by atoms with E-state index in [1.165, 1.54) is 11.9 Å². The number of nitrogens with one attached hydrogen (secondary N) is 1. The summed E-state index contributed by atoms with van der Waals surface area (Å²) in [6.45, 7) is 4.82. The van der Waals surface area contributed by atoms with E-state index in [4.69, 9.17) is 9.72 Å². The lowest BCUT2D eigenvalue weighted by atomic mass is 9.77. The van der Waals surface area contributed by atoms with E-state index in [2.05, 4.69) is 41.0 Å². The zero-order valence-corrected chi connectivity index (χ0v) is 21.2. The number of H-pyrrole nitrogens is 1. The number of aromatic nitrogens is 5. The average Bonchev–Trinajstić information content (AvgIpc) is 3.41. The van der Waals surface area contributed by atoms with Crippen LogP contribution in [-0.4, -0.2) is 81.1 Å². The van der Waals surface area contributed by atoms with Crippen LogP contribution in [0.25, 0.3) is 27.9 Å². The van der Waals surface area contributed by atoms with Gasteiger partial charge in [-0.2, -0.15) is 5.10 Å². The van der Waals surface area contributed by atoms with Crippen molar-refractivity contribution >= 4 is 22.6 Å². The molecular formula is C26H33N7O2. The third-order valence-corrected chi connectivity index (χ3v) is 7.05. The Morgan fingerprint density at radius 2 is 2.03 bits per heavy atom. The Hall–Kier alpha value is -3.46. The number of aromatic amines is 1. The summed E-state index contributed by atoms with van der Waals surface area (Å²) < 4.78 is 7.32. The number of pyridine rings is 2. The lowest BCUT2D eigenvalue weighted by Crippen LogP contribution is -2.47. The molecule has 4 aromatic heterocycles. The molecule has 1 saturated carbocycles. The minimum Gasteiger partial charge on any atom is -0.493 e. The smallest absolute Gasteiger partial charge is 0.236 e. The van der Waals surface area contributed by atoms with Gasteiger partial charge in [-0.25, -0.2) is 9.50 Å². The summed E-state index contributed by atoms with van der Waals surface area (Å²) in [6, 6.07) is 6.53. The van der Waals surface area contributed by atoms with E-state index < -0.39 is 0 Å². The van der Waals surface area contributed by atoms with Crippen LogP contribution in [0, 0.1) is 0 Å². The molecule has 35 heavy (non-hydrogen) atoms. The van der Waals surface area contributed by atoms with Gasteiger partial charge in [-0.05, 0) is 51.1 Å². The Kier molecular flexibility index (Phi) is 5.96. The van der Waals surface area contributed by atoms with Gasteiger partial charge in [0, 0.05) is 42.0 Å². The van der Waals surface area contributed by atoms with Crippen molar-refractivity contribution < 1.29 is 9.53 Å². The molecule has 0 radical (unpaired) electrons. The van der Waals surface area contributed by atoms with Crippen LogP contribution in [0.4, 0.5) is 0 Å². The van der Waals surface area contributed by atoms with Gasteiger partial charge in [0.25, 0.3) is 0 Å². The summed E-state index contributed by atoms with van der Waals surface area (Å²) in [4.78, 5) is 29.3. The quantitative estimate of drug-likeness (QED) is 0.439. The Morgan fingerprint density at radius 1 is 1.26 bits per heavy atom. The van der Waals surface area contributed by atoms with E-state index in [-0.39, 0.29) is 17.9 Å². The molecule has 1 aliphatic rings. The Balaban J connectivity index is 1.46. The predicted octanol–water partition coefficient (Wildman–Crippen LogP) is 3.67. The van der Waals surface area contributed by atoms with Crippen molar-refractivity contribution in [3.63, 3.8) is 0 Å². The number of fused-ring (bicyclic) bond motifs is 2. The number of ether oxygens (including phenoxy) is 1. The first-order chi connectivity index (χ1) is 16.8. The number of methoxy groups -OCH3 is 1. The van der Waals surface area contributed by atoms with Gasteiger partial charge in [-0.1, -0.05) is 13.8 Å². The van der Waals surface area contributed by atoms with E-state index in [1.807, 2.05) is 43.2 Å². The number of hydrogen-bond acceptors (Lipinski definition) is 6. The maximum absolute atomic E-state index is 12.4. The first kappa shape index (κ1) is 23.3. The topological polar surface area (TPSA) is 91.7 Å². The maximum atomic E-state index is 12.4. The highest BCUT2D eigenvalue weighted by molar-refractivity contribution is 5.89. The summed E-state index contributed by atoms with van der Waals surface area (Å²) >= 11 is 0. The highest BCUT2D eigenvalue weighted by Gasteiger charge is 2.36. The number of carbonyl (C=O) groups excluding carboxylic acids is 1. The van der Waals surface area contributed by atoms with Gasteiger partial charge in [-0.3, -0.25) is 9.78 Å². The van der Waals surface area contributed by atoms with Crippen LogP contribution in [0.5, 0.6) is 5.75 Å². The molecule has 1 fully saturated rings. The van der Waals surface area contributed by atoms with Crippen LogP contribution >= 0.6 is 0 Å². The molecular weight excluding hydrogens is 442 g/mol. The third kappa shape index (κ3) is 4.14. The van der Waals surface area contributed by atoms with Gasteiger partial charge < -0.3 is 19.5 Å². The zero-order chi connectivity index (χ0) is 24.9. The minimum atomic E-state index is 0.166. The molecule has 1 N–H and O–H groups in total. The molecule has 9 heteroatoms. The molecule has 1 amide bonds. The molecule has 0 atom stereocenters. The molecule has 1 aliphatic carbocycles. The molecule has 0 bridgehead atoms. The number of hydrogen-bond donors (Lipinski definition) is 1. The number of likely N-dealkylation sites (N-methyl/N-ethyl adjacent to an activating group) is 2. The Labute approximate surface area is 205 Å². The second-order valence-electron chi connectivity index (χ2n) is 10.1. The Morgan fingerprint density at radius 3 is 2.71 bits per heavy atom. The number of carbonyl (C=O) groups is 1. The van der Waals surface area contributed by atoms with Crippen LogP contribution in [-0.2, 0) is 4.79 Å². The normalized spacial score (nSPS) is 17.9. The predicted molar refractivity (Wildman–Crippen MR) is 136 cm³/mol. The van der Waals surface area contributed by atoms with Crippen molar-refractivity contribution in [3.05, 3.63) is 42.0 Å². The summed E-state index contributed by atoms with van der Waals surface area (Å²) in [5, 5.41) is 4.31.